The van der Waals surface area contributed by atoms with E-state index in [9.17, 15) is 4.39 Å². The Morgan fingerprint density at radius 3 is 2.00 bits per heavy atom. The zero-order valence-corrected chi connectivity index (χ0v) is 13.9. The lowest BCUT2D eigenvalue weighted by molar-refractivity contribution is 0.628. The van der Waals surface area contributed by atoms with E-state index in [0.29, 0.717) is 5.92 Å². The van der Waals surface area contributed by atoms with Gasteiger partial charge in [-0.05, 0) is 49.6 Å². The highest BCUT2D eigenvalue weighted by Crippen LogP contribution is 2.26. The first-order chi connectivity index (χ1) is 9.90. The predicted octanol–water partition coefficient (Wildman–Crippen LogP) is 5.44. The molecular formula is C18H25FN2. The predicted molar refractivity (Wildman–Crippen MR) is 87.0 cm³/mol. The smallest absolute Gasteiger partial charge is 0.126 e. The molecule has 0 saturated carbocycles. The fourth-order valence-corrected chi connectivity index (χ4v) is 2.10. The second-order valence-electron chi connectivity index (χ2n) is 5.50. The molecule has 0 N–H and O–H groups in total. The number of aromatic nitrogens is 2. The first-order valence-corrected chi connectivity index (χ1v) is 7.51. The third kappa shape index (κ3) is 4.62. The lowest BCUT2D eigenvalue weighted by Crippen LogP contribution is -2.04. The maximum atomic E-state index is 13.0. The third-order valence-electron chi connectivity index (χ3n) is 2.96. The number of hydrogen-bond donors (Lipinski definition) is 0. The molecule has 3 heteroatoms. The van der Waals surface area contributed by atoms with Gasteiger partial charge in [0.1, 0.15) is 11.6 Å². The van der Waals surface area contributed by atoms with Crippen molar-refractivity contribution >= 4 is 0 Å². The first kappa shape index (κ1) is 17.3. The molecule has 0 radical (unpaired) electrons. The van der Waals surface area contributed by atoms with Crippen LogP contribution in [0.15, 0.2) is 24.3 Å². The molecule has 0 aliphatic heterocycles. The highest BCUT2D eigenvalue weighted by molar-refractivity contribution is 5.63. The van der Waals surface area contributed by atoms with Gasteiger partial charge in [0.25, 0.3) is 0 Å². The summed E-state index contributed by atoms with van der Waals surface area (Å²) in [7, 11) is 0. The summed E-state index contributed by atoms with van der Waals surface area (Å²) in [6.45, 7) is 12.4. The van der Waals surface area contributed by atoms with Gasteiger partial charge in [0, 0.05) is 5.56 Å². The molecular weight excluding hydrogens is 263 g/mol. The van der Waals surface area contributed by atoms with Crippen LogP contribution in [0.4, 0.5) is 4.39 Å². The van der Waals surface area contributed by atoms with E-state index in [-0.39, 0.29) is 5.82 Å². The van der Waals surface area contributed by atoms with Crippen molar-refractivity contribution in [3.8, 4) is 11.3 Å². The first-order valence-electron chi connectivity index (χ1n) is 7.51. The average Bonchev–Trinajstić information content (AvgIpc) is 2.42. The second-order valence-corrected chi connectivity index (χ2v) is 5.50. The molecule has 0 atom stereocenters. The van der Waals surface area contributed by atoms with E-state index in [1.807, 2.05) is 13.8 Å². The number of benzene rings is 1. The molecule has 0 unspecified atom stereocenters. The summed E-state index contributed by atoms with van der Waals surface area (Å²) in [6, 6.07) is 6.44. The average molecular weight is 288 g/mol. The van der Waals surface area contributed by atoms with Gasteiger partial charge in [0.05, 0.1) is 11.4 Å². The van der Waals surface area contributed by atoms with Gasteiger partial charge in [-0.3, -0.25) is 0 Å². The molecule has 21 heavy (non-hydrogen) atoms. The SMILES string of the molecule is CCC.Cc1nc(-c2ccc(F)cc2)c(C)c(C(C)C)n1. The van der Waals surface area contributed by atoms with E-state index < -0.39 is 0 Å². The van der Waals surface area contributed by atoms with E-state index in [1.54, 1.807) is 12.1 Å². The molecule has 0 amide bonds. The van der Waals surface area contributed by atoms with Crippen molar-refractivity contribution in [2.75, 3.05) is 0 Å². The van der Waals surface area contributed by atoms with Gasteiger partial charge in [-0.25, -0.2) is 14.4 Å². The molecule has 1 aromatic heterocycles. The zero-order chi connectivity index (χ0) is 16.0. The van der Waals surface area contributed by atoms with Gasteiger partial charge in [-0.2, -0.15) is 0 Å². The van der Waals surface area contributed by atoms with Crippen molar-refractivity contribution in [3.63, 3.8) is 0 Å². The van der Waals surface area contributed by atoms with Crippen LogP contribution in [-0.4, -0.2) is 9.97 Å². The van der Waals surface area contributed by atoms with Gasteiger partial charge in [-0.1, -0.05) is 34.1 Å². The van der Waals surface area contributed by atoms with Crippen molar-refractivity contribution in [1.29, 1.82) is 0 Å². The Bertz CT molecular complexity index is 575. The largest absolute Gasteiger partial charge is 0.238 e. The molecule has 0 saturated heterocycles. The molecule has 0 fully saturated rings. The van der Waals surface area contributed by atoms with E-state index in [0.717, 1.165) is 28.3 Å². The van der Waals surface area contributed by atoms with Crippen molar-refractivity contribution in [2.45, 2.75) is 53.9 Å². The van der Waals surface area contributed by atoms with Crippen LogP contribution in [0.2, 0.25) is 0 Å². The van der Waals surface area contributed by atoms with E-state index in [4.69, 9.17) is 0 Å². The summed E-state index contributed by atoms with van der Waals surface area (Å²) < 4.78 is 13.0. The van der Waals surface area contributed by atoms with E-state index >= 15 is 0 Å². The van der Waals surface area contributed by atoms with Crippen LogP contribution < -0.4 is 0 Å². The fourth-order valence-electron chi connectivity index (χ4n) is 2.10. The number of rotatable bonds is 2. The fraction of sp³-hybridized carbons (Fsp3) is 0.444. The Kier molecular flexibility index (Phi) is 6.47. The standard InChI is InChI=1S/C15H17FN2.C3H8/c1-9(2)14-10(3)15(18-11(4)17-14)12-5-7-13(16)8-6-12;1-3-2/h5-9H,1-4H3;3H2,1-2H3. The summed E-state index contributed by atoms with van der Waals surface area (Å²) in [5.74, 6) is 0.876. The normalized spacial score (nSPS) is 10.3. The number of hydrogen-bond acceptors (Lipinski definition) is 2. The minimum Gasteiger partial charge on any atom is -0.238 e. The van der Waals surface area contributed by atoms with Gasteiger partial charge in [0.2, 0.25) is 0 Å². The van der Waals surface area contributed by atoms with Crippen molar-refractivity contribution in [2.24, 2.45) is 0 Å². The number of halogens is 1. The highest BCUT2D eigenvalue weighted by Gasteiger charge is 2.13. The maximum absolute atomic E-state index is 13.0. The summed E-state index contributed by atoms with van der Waals surface area (Å²) in [5, 5.41) is 0. The number of nitrogens with zero attached hydrogens (tertiary/aromatic N) is 2. The molecule has 2 nitrogen and oxygen atoms in total. The molecule has 1 aromatic carbocycles. The Hall–Kier alpha value is -1.77. The molecule has 0 aliphatic rings. The van der Waals surface area contributed by atoms with E-state index in [2.05, 4.69) is 37.7 Å². The Morgan fingerprint density at radius 1 is 1.00 bits per heavy atom. The Morgan fingerprint density at radius 2 is 1.52 bits per heavy atom. The van der Waals surface area contributed by atoms with Crippen LogP contribution >= 0.6 is 0 Å². The van der Waals surface area contributed by atoms with Crippen LogP contribution in [0.3, 0.4) is 0 Å². The monoisotopic (exact) mass is 288 g/mol. The summed E-state index contributed by atoms with van der Waals surface area (Å²) in [4.78, 5) is 8.97. The van der Waals surface area contributed by atoms with Crippen molar-refractivity contribution in [1.82, 2.24) is 9.97 Å². The van der Waals surface area contributed by atoms with Crippen LogP contribution in [-0.2, 0) is 0 Å². The van der Waals surface area contributed by atoms with Gasteiger partial charge < -0.3 is 0 Å². The van der Waals surface area contributed by atoms with Gasteiger partial charge >= 0.3 is 0 Å². The molecule has 2 aromatic rings. The number of aryl methyl sites for hydroxylation is 1. The molecule has 0 aliphatic carbocycles. The minimum absolute atomic E-state index is 0.230. The van der Waals surface area contributed by atoms with Crippen LogP contribution in [0.1, 0.15) is 57.1 Å². The highest BCUT2D eigenvalue weighted by atomic mass is 19.1. The van der Waals surface area contributed by atoms with Crippen LogP contribution in [0.5, 0.6) is 0 Å². The maximum Gasteiger partial charge on any atom is 0.126 e. The molecule has 1 heterocycles. The lowest BCUT2D eigenvalue weighted by Gasteiger charge is -2.13. The van der Waals surface area contributed by atoms with Crippen LogP contribution in [0.25, 0.3) is 11.3 Å². The van der Waals surface area contributed by atoms with Crippen LogP contribution in [0, 0.1) is 19.7 Å². The second kappa shape index (κ2) is 7.87. The van der Waals surface area contributed by atoms with Crippen molar-refractivity contribution < 1.29 is 4.39 Å². The summed E-state index contributed by atoms with van der Waals surface area (Å²) in [5.41, 5.74) is 3.96. The minimum atomic E-state index is -0.230. The van der Waals surface area contributed by atoms with Crippen molar-refractivity contribution in [3.05, 3.63) is 47.2 Å². The van der Waals surface area contributed by atoms with E-state index in [1.165, 1.54) is 18.6 Å². The third-order valence-corrected chi connectivity index (χ3v) is 2.96. The quantitative estimate of drug-likeness (QED) is 0.735. The molecule has 2 rings (SSSR count). The Balaban J connectivity index is 0.000000677. The summed E-state index contributed by atoms with van der Waals surface area (Å²) >= 11 is 0. The zero-order valence-electron chi connectivity index (χ0n) is 13.9. The topological polar surface area (TPSA) is 25.8 Å². The summed E-state index contributed by atoms with van der Waals surface area (Å²) in [6.07, 6.45) is 1.25. The van der Waals surface area contributed by atoms with Gasteiger partial charge in [0.15, 0.2) is 0 Å². The lowest BCUT2D eigenvalue weighted by atomic mass is 9.99. The molecule has 114 valence electrons. The molecule has 0 spiro atoms. The Labute approximate surface area is 127 Å². The molecule has 0 bridgehead atoms. The van der Waals surface area contributed by atoms with Gasteiger partial charge in [-0.15, -0.1) is 0 Å².